The van der Waals surface area contributed by atoms with Gasteiger partial charge in [-0.25, -0.2) is 0 Å². The van der Waals surface area contributed by atoms with E-state index in [9.17, 15) is 5.11 Å². The maximum absolute atomic E-state index is 9.82. The smallest absolute Gasteiger partial charge is 0.0590 e. The van der Waals surface area contributed by atoms with Crippen LogP contribution < -0.4 is 5.73 Å². The number of hydrogen-bond donors (Lipinski definition) is 2. The van der Waals surface area contributed by atoms with Gasteiger partial charge in [-0.1, -0.05) is 34.6 Å². The van der Waals surface area contributed by atoms with Gasteiger partial charge in [0.15, 0.2) is 0 Å². The molecule has 0 aromatic rings. The van der Waals surface area contributed by atoms with Crippen molar-refractivity contribution in [2.24, 2.45) is 17.1 Å². The quantitative estimate of drug-likeness (QED) is 0.794. The Bertz CT molecular complexity index is 237. The minimum Gasteiger partial charge on any atom is -0.393 e. The van der Waals surface area contributed by atoms with E-state index in [1.165, 1.54) is 0 Å². The zero-order valence-electron chi connectivity index (χ0n) is 12.1. The third-order valence-corrected chi connectivity index (χ3v) is 4.05. The Balaban J connectivity index is 2.78. The second kappa shape index (κ2) is 5.68. The Morgan fingerprint density at radius 1 is 1.41 bits per heavy atom. The van der Waals surface area contributed by atoms with E-state index in [2.05, 4.69) is 39.5 Å². The molecule has 4 unspecified atom stereocenters. The predicted octanol–water partition coefficient (Wildman–Crippen LogP) is 1.84. The third kappa shape index (κ3) is 3.67. The van der Waals surface area contributed by atoms with E-state index in [1.54, 1.807) is 0 Å². The molecule has 1 fully saturated rings. The Hall–Kier alpha value is -0.120. The number of hydrogen-bond acceptors (Lipinski definition) is 3. The van der Waals surface area contributed by atoms with Crippen molar-refractivity contribution in [3.05, 3.63) is 0 Å². The number of likely N-dealkylation sites (tertiary alicyclic amines) is 1. The fraction of sp³-hybridized carbons (Fsp3) is 1.00. The summed E-state index contributed by atoms with van der Waals surface area (Å²) in [5.41, 5.74) is 6.50. The van der Waals surface area contributed by atoms with Crippen LogP contribution in [-0.4, -0.2) is 41.3 Å². The molecule has 0 spiro atoms. The van der Waals surface area contributed by atoms with E-state index in [4.69, 9.17) is 5.73 Å². The molecule has 1 heterocycles. The van der Waals surface area contributed by atoms with Crippen LogP contribution >= 0.6 is 0 Å². The van der Waals surface area contributed by atoms with E-state index in [1.807, 2.05) is 0 Å². The highest BCUT2D eigenvalue weighted by molar-refractivity contribution is 4.93. The molecule has 3 heteroatoms. The first kappa shape index (κ1) is 14.9. The summed E-state index contributed by atoms with van der Waals surface area (Å²) in [4.78, 5) is 2.49. The first-order chi connectivity index (χ1) is 7.77. The van der Waals surface area contributed by atoms with Crippen molar-refractivity contribution >= 4 is 0 Å². The van der Waals surface area contributed by atoms with Crippen LogP contribution in [0.5, 0.6) is 0 Å². The summed E-state index contributed by atoms with van der Waals surface area (Å²) in [6.45, 7) is 13.0. The highest BCUT2D eigenvalue weighted by Gasteiger charge is 2.37. The van der Waals surface area contributed by atoms with Crippen LogP contribution in [0.15, 0.2) is 0 Å². The first-order valence-electron chi connectivity index (χ1n) is 6.95. The molecule has 0 bridgehead atoms. The van der Waals surface area contributed by atoms with Crippen LogP contribution in [0, 0.1) is 11.3 Å². The zero-order chi connectivity index (χ0) is 13.2. The van der Waals surface area contributed by atoms with Gasteiger partial charge in [-0.3, -0.25) is 4.90 Å². The highest BCUT2D eigenvalue weighted by atomic mass is 16.3. The molecule has 17 heavy (non-hydrogen) atoms. The van der Waals surface area contributed by atoms with E-state index in [0.717, 1.165) is 25.9 Å². The molecule has 0 amide bonds. The van der Waals surface area contributed by atoms with Gasteiger partial charge in [0.05, 0.1) is 6.10 Å². The molecule has 0 aromatic carbocycles. The van der Waals surface area contributed by atoms with Gasteiger partial charge in [0, 0.05) is 25.2 Å². The second-order valence-electron chi connectivity index (χ2n) is 6.71. The van der Waals surface area contributed by atoms with Crippen molar-refractivity contribution in [2.45, 2.75) is 65.6 Å². The summed E-state index contributed by atoms with van der Waals surface area (Å²) < 4.78 is 0. The summed E-state index contributed by atoms with van der Waals surface area (Å²) in [6.07, 6.45) is 1.75. The largest absolute Gasteiger partial charge is 0.393 e. The van der Waals surface area contributed by atoms with Crippen molar-refractivity contribution in [1.82, 2.24) is 4.90 Å². The van der Waals surface area contributed by atoms with Gasteiger partial charge < -0.3 is 10.8 Å². The van der Waals surface area contributed by atoms with Crippen LogP contribution in [0.25, 0.3) is 0 Å². The zero-order valence-corrected chi connectivity index (χ0v) is 12.1. The van der Waals surface area contributed by atoms with Crippen molar-refractivity contribution in [3.8, 4) is 0 Å². The summed E-state index contributed by atoms with van der Waals surface area (Å²) in [5.74, 6) is 0.359. The first-order valence-corrected chi connectivity index (χ1v) is 6.95. The number of aliphatic hydroxyl groups is 1. The van der Waals surface area contributed by atoms with Crippen LogP contribution in [-0.2, 0) is 0 Å². The maximum Gasteiger partial charge on any atom is 0.0590 e. The summed E-state index contributed by atoms with van der Waals surface area (Å²) in [7, 11) is 0. The van der Waals surface area contributed by atoms with E-state index in [0.29, 0.717) is 12.0 Å². The van der Waals surface area contributed by atoms with Gasteiger partial charge in [0.2, 0.25) is 0 Å². The lowest BCUT2D eigenvalue weighted by Gasteiger charge is -2.47. The summed E-state index contributed by atoms with van der Waals surface area (Å²) in [6, 6.07) is 0.625. The summed E-state index contributed by atoms with van der Waals surface area (Å²) in [5, 5.41) is 9.82. The SMILES string of the molecule is CCC(N)C(N1CCC(O)C(C)C1)C(C)(C)C. The van der Waals surface area contributed by atoms with Gasteiger partial charge in [-0.15, -0.1) is 0 Å². The lowest BCUT2D eigenvalue weighted by molar-refractivity contribution is -0.0157. The van der Waals surface area contributed by atoms with Crippen molar-refractivity contribution in [1.29, 1.82) is 0 Å². The summed E-state index contributed by atoms with van der Waals surface area (Å²) >= 11 is 0. The van der Waals surface area contributed by atoms with Gasteiger partial charge in [-0.2, -0.15) is 0 Å². The normalized spacial score (nSPS) is 31.2. The van der Waals surface area contributed by atoms with Crippen LogP contribution in [0.1, 0.15) is 47.5 Å². The Kier molecular flexibility index (Phi) is 4.99. The van der Waals surface area contributed by atoms with Crippen molar-refractivity contribution < 1.29 is 5.11 Å². The molecule has 0 radical (unpaired) electrons. The molecule has 4 atom stereocenters. The van der Waals surface area contributed by atoms with Crippen LogP contribution in [0.4, 0.5) is 0 Å². The second-order valence-corrected chi connectivity index (χ2v) is 6.71. The Morgan fingerprint density at radius 2 is 2.00 bits per heavy atom. The minimum absolute atomic E-state index is 0.135. The maximum atomic E-state index is 9.82. The fourth-order valence-electron chi connectivity index (χ4n) is 3.10. The Labute approximate surface area is 106 Å². The minimum atomic E-state index is -0.135. The number of aliphatic hydroxyl groups excluding tert-OH is 1. The lowest BCUT2D eigenvalue weighted by Crippen LogP contribution is -2.58. The molecule has 1 aliphatic heterocycles. The molecular weight excluding hydrogens is 212 g/mol. The standard InChI is InChI=1S/C14H30N2O/c1-6-11(15)13(14(3,4)5)16-8-7-12(17)10(2)9-16/h10-13,17H,6-9,15H2,1-5H3. The molecule has 1 aliphatic rings. The number of piperidine rings is 1. The molecule has 3 nitrogen and oxygen atoms in total. The van der Waals surface area contributed by atoms with E-state index in [-0.39, 0.29) is 17.6 Å². The monoisotopic (exact) mass is 242 g/mol. The molecule has 0 aliphatic carbocycles. The molecule has 1 rings (SSSR count). The Morgan fingerprint density at radius 3 is 2.41 bits per heavy atom. The van der Waals surface area contributed by atoms with Crippen molar-refractivity contribution in [2.75, 3.05) is 13.1 Å². The average molecular weight is 242 g/mol. The van der Waals surface area contributed by atoms with Gasteiger partial charge in [-0.05, 0) is 24.2 Å². The highest BCUT2D eigenvalue weighted by Crippen LogP contribution is 2.31. The van der Waals surface area contributed by atoms with Gasteiger partial charge in [0.1, 0.15) is 0 Å². The van der Waals surface area contributed by atoms with E-state index >= 15 is 0 Å². The number of nitrogens with two attached hydrogens (primary N) is 1. The lowest BCUT2D eigenvalue weighted by atomic mass is 9.79. The molecular formula is C14H30N2O. The van der Waals surface area contributed by atoms with Crippen LogP contribution in [0.2, 0.25) is 0 Å². The number of nitrogens with zero attached hydrogens (tertiary/aromatic N) is 1. The van der Waals surface area contributed by atoms with E-state index < -0.39 is 0 Å². The molecule has 3 N–H and O–H groups in total. The molecule has 0 saturated carbocycles. The predicted molar refractivity (Wildman–Crippen MR) is 72.9 cm³/mol. The van der Waals surface area contributed by atoms with Gasteiger partial charge >= 0.3 is 0 Å². The van der Waals surface area contributed by atoms with Crippen molar-refractivity contribution in [3.63, 3.8) is 0 Å². The van der Waals surface area contributed by atoms with Crippen LogP contribution in [0.3, 0.4) is 0 Å². The molecule has 1 saturated heterocycles. The molecule has 102 valence electrons. The fourth-order valence-corrected chi connectivity index (χ4v) is 3.10. The number of rotatable bonds is 3. The molecule has 0 aromatic heterocycles. The average Bonchev–Trinajstić information content (AvgIpc) is 2.21. The third-order valence-electron chi connectivity index (χ3n) is 4.05. The van der Waals surface area contributed by atoms with Gasteiger partial charge in [0.25, 0.3) is 0 Å². The topological polar surface area (TPSA) is 49.5 Å².